The van der Waals surface area contributed by atoms with E-state index in [0.717, 1.165) is 41.1 Å². The van der Waals surface area contributed by atoms with Gasteiger partial charge >= 0.3 is 0 Å². The largest absolute Gasteiger partial charge is 0.346 e. The first-order valence-electron chi connectivity index (χ1n) is 6.27. The lowest BCUT2D eigenvalue weighted by atomic mass is 10.1. The van der Waals surface area contributed by atoms with Crippen LogP contribution in [0.2, 0.25) is 5.02 Å². The van der Waals surface area contributed by atoms with Crippen LogP contribution in [-0.4, -0.2) is 21.5 Å². The van der Waals surface area contributed by atoms with Gasteiger partial charge in [0.25, 0.3) is 0 Å². The molecule has 0 fully saturated rings. The van der Waals surface area contributed by atoms with Crippen molar-refractivity contribution in [3.63, 3.8) is 0 Å². The van der Waals surface area contributed by atoms with Crippen LogP contribution in [0.25, 0.3) is 11.0 Å². The van der Waals surface area contributed by atoms with Crippen molar-refractivity contribution < 1.29 is 4.39 Å². The van der Waals surface area contributed by atoms with Gasteiger partial charge < -0.3 is 9.88 Å². The minimum Gasteiger partial charge on any atom is -0.346 e. The molecule has 4 rings (SSSR count). The second-order valence-corrected chi connectivity index (χ2v) is 5.14. The first-order valence-corrected chi connectivity index (χ1v) is 6.65. The summed E-state index contributed by atoms with van der Waals surface area (Å²) in [6.45, 7) is 0.756. The van der Waals surface area contributed by atoms with Gasteiger partial charge in [0.1, 0.15) is 23.6 Å². The molecular weight excluding hydrogens is 279 g/mol. The molecule has 100 valence electrons. The van der Waals surface area contributed by atoms with Crippen LogP contribution in [0.3, 0.4) is 0 Å². The maximum atomic E-state index is 13.5. The van der Waals surface area contributed by atoms with Gasteiger partial charge in [0.15, 0.2) is 0 Å². The molecule has 4 nitrogen and oxygen atoms in total. The number of fused-ring (bicyclic) bond motifs is 2. The van der Waals surface area contributed by atoms with Crippen LogP contribution >= 0.6 is 11.6 Å². The highest BCUT2D eigenvalue weighted by atomic mass is 35.5. The summed E-state index contributed by atoms with van der Waals surface area (Å²) in [5.41, 5.74) is 2.66. The summed E-state index contributed by atoms with van der Waals surface area (Å²) in [6.07, 6.45) is 4.13. The van der Waals surface area contributed by atoms with Crippen molar-refractivity contribution in [1.29, 1.82) is 0 Å². The van der Waals surface area contributed by atoms with E-state index in [1.165, 1.54) is 12.4 Å². The third-order valence-electron chi connectivity index (χ3n) is 3.61. The highest BCUT2D eigenvalue weighted by Crippen LogP contribution is 2.38. The minimum atomic E-state index is -0.373. The lowest BCUT2D eigenvalue weighted by molar-refractivity contribution is 0.627. The van der Waals surface area contributed by atoms with Crippen molar-refractivity contribution in [2.75, 3.05) is 11.4 Å². The van der Waals surface area contributed by atoms with Gasteiger partial charge in [-0.05, 0) is 30.2 Å². The fourth-order valence-electron chi connectivity index (χ4n) is 2.68. The van der Waals surface area contributed by atoms with Gasteiger partial charge in [-0.3, -0.25) is 0 Å². The van der Waals surface area contributed by atoms with Gasteiger partial charge in [-0.1, -0.05) is 11.6 Å². The zero-order chi connectivity index (χ0) is 13.7. The molecular formula is C14H10ClFN4. The second-order valence-electron chi connectivity index (χ2n) is 4.73. The molecule has 0 saturated carbocycles. The molecule has 20 heavy (non-hydrogen) atoms. The topological polar surface area (TPSA) is 44.8 Å². The van der Waals surface area contributed by atoms with Crippen LogP contribution in [0.4, 0.5) is 15.9 Å². The van der Waals surface area contributed by atoms with Crippen molar-refractivity contribution in [3.8, 4) is 0 Å². The summed E-state index contributed by atoms with van der Waals surface area (Å²) in [5.74, 6) is 0.444. The van der Waals surface area contributed by atoms with Gasteiger partial charge in [-0.25, -0.2) is 14.4 Å². The molecule has 6 heteroatoms. The summed E-state index contributed by atoms with van der Waals surface area (Å²) in [4.78, 5) is 13.7. The number of rotatable bonds is 1. The number of hydrogen-bond acceptors (Lipinski definition) is 3. The Balaban J connectivity index is 1.90. The maximum absolute atomic E-state index is 13.5. The normalized spacial score (nSPS) is 14.0. The fraction of sp³-hybridized carbons (Fsp3) is 0.143. The molecule has 0 atom stereocenters. The SMILES string of the molecule is Fc1cc2c(cc1Cl)N(c1ncnc3[nH]ccc13)CC2. The average molecular weight is 289 g/mol. The molecule has 1 N–H and O–H groups in total. The molecule has 3 aromatic rings. The Bertz CT molecular complexity index is 814. The first-order chi connectivity index (χ1) is 9.74. The summed E-state index contributed by atoms with van der Waals surface area (Å²) in [5, 5.41) is 1.08. The van der Waals surface area contributed by atoms with Crippen LogP contribution in [0, 0.1) is 5.82 Å². The van der Waals surface area contributed by atoms with Crippen molar-refractivity contribution in [2.45, 2.75) is 6.42 Å². The predicted molar refractivity (Wildman–Crippen MR) is 76.0 cm³/mol. The number of halogens is 2. The van der Waals surface area contributed by atoms with E-state index in [2.05, 4.69) is 19.9 Å². The van der Waals surface area contributed by atoms with E-state index in [0.29, 0.717) is 0 Å². The zero-order valence-corrected chi connectivity index (χ0v) is 11.2. The van der Waals surface area contributed by atoms with E-state index in [-0.39, 0.29) is 10.8 Å². The smallest absolute Gasteiger partial charge is 0.145 e. The van der Waals surface area contributed by atoms with E-state index < -0.39 is 0 Å². The van der Waals surface area contributed by atoms with Crippen molar-refractivity contribution in [2.24, 2.45) is 0 Å². The van der Waals surface area contributed by atoms with E-state index in [4.69, 9.17) is 11.6 Å². The van der Waals surface area contributed by atoms with Gasteiger partial charge in [-0.15, -0.1) is 0 Å². The molecule has 0 unspecified atom stereocenters. The van der Waals surface area contributed by atoms with Gasteiger partial charge in [0.05, 0.1) is 10.4 Å². The van der Waals surface area contributed by atoms with Crippen molar-refractivity contribution in [3.05, 3.63) is 47.1 Å². The predicted octanol–water partition coefficient (Wildman–Crippen LogP) is 3.44. The van der Waals surface area contributed by atoms with Crippen LogP contribution in [0.15, 0.2) is 30.7 Å². The van der Waals surface area contributed by atoms with E-state index >= 15 is 0 Å². The second kappa shape index (κ2) is 4.18. The number of benzene rings is 1. The van der Waals surface area contributed by atoms with Crippen LogP contribution in [0.5, 0.6) is 0 Å². The monoisotopic (exact) mass is 288 g/mol. The molecule has 0 bridgehead atoms. The molecule has 1 aromatic carbocycles. The lowest BCUT2D eigenvalue weighted by Gasteiger charge is -2.19. The number of H-pyrrole nitrogens is 1. The Labute approximate surface area is 119 Å². The van der Waals surface area contributed by atoms with Crippen LogP contribution in [-0.2, 0) is 6.42 Å². The maximum Gasteiger partial charge on any atom is 0.145 e. The fourth-order valence-corrected chi connectivity index (χ4v) is 2.83. The number of nitrogens with one attached hydrogen (secondary N) is 1. The average Bonchev–Trinajstić information content (AvgIpc) is 3.05. The van der Waals surface area contributed by atoms with Crippen LogP contribution in [0.1, 0.15) is 5.56 Å². The molecule has 0 amide bonds. The summed E-state index contributed by atoms with van der Waals surface area (Å²) in [7, 11) is 0. The molecule has 1 aliphatic rings. The molecule has 0 radical (unpaired) electrons. The standard InChI is InChI=1S/C14H10ClFN4/c15-10-6-12-8(5-11(10)16)2-4-20(12)14-9-1-3-17-13(9)18-7-19-14/h1,3,5-7H,2,4H2,(H,17,18,19). The number of hydrogen-bond donors (Lipinski definition) is 1. The molecule has 2 aromatic heterocycles. The Kier molecular flexibility index (Phi) is 2.44. The summed E-state index contributed by atoms with van der Waals surface area (Å²) in [6, 6.07) is 5.11. The molecule has 3 heterocycles. The van der Waals surface area contributed by atoms with E-state index in [9.17, 15) is 4.39 Å². The highest BCUT2D eigenvalue weighted by Gasteiger charge is 2.25. The number of nitrogens with zero attached hydrogens (tertiary/aromatic N) is 3. The van der Waals surface area contributed by atoms with Gasteiger partial charge in [0, 0.05) is 18.4 Å². The molecule has 0 aliphatic carbocycles. The molecule has 0 saturated heterocycles. The quantitative estimate of drug-likeness (QED) is 0.746. The Morgan fingerprint density at radius 2 is 2.20 bits per heavy atom. The number of anilines is 2. The van der Waals surface area contributed by atoms with E-state index in [1.54, 1.807) is 6.07 Å². The number of aromatic nitrogens is 3. The van der Waals surface area contributed by atoms with Crippen molar-refractivity contribution in [1.82, 2.24) is 15.0 Å². The number of aromatic amines is 1. The summed E-state index contributed by atoms with van der Waals surface area (Å²) < 4.78 is 13.5. The highest BCUT2D eigenvalue weighted by molar-refractivity contribution is 6.31. The van der Waals surface area contributed by atoms with E-state index in [1.807, 2.05) is 12.3 Å². The first kappa shape index (κ1) is 11.7. The molecule has 0 spiro atoms. The third-order valence-corrected chi connectivity index (χ3v) is 3.90. The Morgan fingerprint density at radius 1 is 1.30 bits per heavy atom. The third kappa shape index (κ3) is 1.59. The van der Waals surface area contributed by atoms with Crippen LogP contribution < -0.4 is 4.90 Å². The van der Waals surface area contributed by atoms with Crippen molar-refractivity contribution >= 4 is 34.1 Å². The Hall–Kier alpha value is -2.14. The zero-order valence-electron chi connectivity index (χ0n) is 10.4. The minimum absolute atomic E-state index is 0.134. The Morgan fingerprint density at radius 3 is 3.10 bits per heavy atom. The summed E-state index contributed by atoms with van der Waals surface area (Å²) >= 11 is 5.90. The molecule has 1 aliphatic heterocycles. The van der Waals surface area contributed by atoms with Gasteiger partial charge in [0.2, 0.25) is 0 Å². The van der Waals surface area contributed by atoms with Gasteiger partial charge in [-0.2, -0.15) is 0 Å². The lowest BCUT2D eigenvalue weighted by Crippen LogP contribution is -2.15.